The van der Waals surface area contributed by atoms with Crippen LogP contribution in [0.4, 0.5) is 0 Å². The maximum absolute atomic E-state index is 12.4. The van der Waals surface area contributed by atoms with Gasteiger partial charge in [0.05, 0.1) is 24.9 Å². The van der Waals surface area contributed by atoms with Crippen LogP contribution < -0.4 is 0 Å². The normalized spacial score (nSPS) is 22.3. The van der Waals surface area contributed by atoms with Gasteiger partial charge in [0.2, 0.25) is 0 Å². The smallest absolute Gasteiger partial charge is 0.462 e. The minimum atomic E-state index is -4.81. The molecule has 0 spiro atoms. The molecule has 0 radical (unpaired) electrons. The van der Waals surface area contributed by atoms with E-state index in [-0.39, 0.29) is 31.8 Å². The first-order valence-electron chi connectivity index (χ1n) is 16.0. The third-order valence-electron chi connectivity index (χ3n) is 7.27. The number of unbranched alkanes of at least 4 members (excludes halogenated alkanes) is 7. The molecule has 5 N–H and O–H groups in total. The minimum absolute atomic E-state index is 0.0186. The molecule has 1 aliphatic heterocycles. The van der Waals surface area contributed by atoms with Crippen LogP contribution in [0.3, 0.4) is 0 Å². The summed E-state index contributed by atoms with van der Waals surface area (Å²) in [5, 5.41) is 30.7. The van der Waals surface area contributed by atoms with Crippen LogP contribution in [0.15, 0.2) is 24.3 Å². The molecule has 0 aromatic rings. The number of carbonyl (C=O) groups is 2. The van der Waals surface area contributed by atoms with Crippen molar-refractivity contribution in [3.8, 4) is 0 Å². The van der Waals surface area contributed by atoms with Crippen LogP contribution in [-0.2, 0) is 32.9 Å². The lowest BCUT2D eigenvalue weighted by Crippen LogP contribution is -2.43. The van der Waals surface area contributed by atoms with E-state index in [9.17, 15) is 29.5 Å². The number of aliphatic hydroxyl groups excluding tert-OH is 3. The second-order valence-corrected chi connectivity index (χ2v) is 12.6. The monoisotopic (exact) mass is 650 g/mol. The van der Waals surface area contributed by atoms with Crippen LogP contribution in [0, 0.1) is 5.92 Å². The van der Waals surface area contributed by atoms with Crippen LogP contribution in [0.1, 0.15) is 110 Å². The number of phosphoric ester groups is 1. The van der Waals surface area contributed by atoms with Gasteiger partial charge < -0.3 is 39.3 Å². The zero-order valence-corrected chi connectivity index (χ0v) is 27.2. The summed E-state index contributed by atoms with van der Waals surface area (Å²) in [4.78, 5) is 42.4. The van der Waals surface area contributed by atoms with Crippen molar-refractivity contribution in [1.29, 1.82) is 0 Å². The zero-order chi connectivity index (χ0) is 32.8. The number of carbonyl (C=O) groups excluding carboxylic acids is 2. The summed E-state index contributed by atoms with van der Waals surface area (Å²) in [7, 11) is -4.81. The molecule has 0 saturated carbocycles. The molecule has 0 aromatic carbocycles. The SMILES string of the molecule is CCCCCCCC(=O)OC[C@H](COP(=O)(O)O)OC(=O)CCC/C=C\C[C@H]1[C@@H](O)CC(O)O[C@@H]1/C=C/[C@@H](O)CCCCC. The minimum Gasteiger partial charge on any atom is -0.462 e. The van der Waals surface area contributed by atoms with Gasteiger partial charge in [-0.05, 0) is 32.1 Å². The fourth-order valence-corrected chi connectivity index (χ4v) is 5.12. The summed E-state index contributed by atoms with van der Waals surface area (Å²) in [6.07, 6.45) is 13.0. The third-order valence-corrected chi connectivity index (χ3v) is 7.75. The Bertz CT molecular complexity index is 889. The number of rotatable bonds is 24. The van der Waals surface area contributed by atoms with E-state index in [1.807, 2.05) is 12.2 Å². The Balaban J connectivity index is 2.50. The van der Waals surface area contributed by atoms with E-state index in [0.717, 1.165) is 44.9 Å². The predicted molar refractivity (Wildman–Crippen MR) is 164 cm³/mol. The Morgan fingerprint density at radius 3 is 2.32 bits per heavy atom. The lowest BCUT2D eigenvalue weighted by atomic mass is 9.87. The molecule has 12 nitrogen and oxygen atoms in total. The first-order valence-corrected chi connectivity index (χ1v) is 17.6. The molecule has 1 heterocycles. The molecule has 6 atom stereocenters. The van der Waals surface area contributed by atoms with Crippen LogP contribution in [0.25, 0.3) is 0 Å². The summed E-state index contributed by atoms with van der Waals surface area (Å²) in [6, 6.07) is 0. The highest BCUT2D eigenvalue weighted by Gasteiger charge is 2.35. The summed E-state index contributed by atoms with van der Waals surface area (Å²) >= 11 is 0. The molecule has 1 rings (SSSR count). The number of hydrogen-bond donors (Lipinski definition) is 5. The van der Waals surface area contributed by atoms with Gasteiger partial charge in [0.25, 0.3) is 0 Å². The molecule has 0 aromatic heterocycles. The van der Waals surface area contributed by atoms with E-state index >= 15 is 0 Å². The van der Waals surface area contributed by atoms with Gasteiger partial charge in [0.15, 0.2) is 12.4 Å². The van der Waals surface area contributed by atoms with Gasteiger partial charge in [-0.25, -0.2) is 4.57 Å². The van der Waals surface area contributed by atoms with Gasteiger partial charge in [-0.3, -0.25) is 14.1 Å². The molecule has 0 amide bonds. The summed E-state index contributed by atoms with van der Waals surface area (Å²) in [6.45, 7) is 3.20. The van der Waals surface area contributed by atoms with Gasteiger partial charge in [-0.1, -0.05) is 83.1 Å². The molecular weight excluding hydrogens is 595 g/mol. The average Bonchev–Trinajstić information content (AvgIpc) is 2.95. The van der Waals surface area contributed by atoms with Crippen molar-refractivity contribution in [2.75, 3.05) is 13.2 Å². The maximum Gasteiger partial charge on any atom is 0.469 e. The fourth-order valence-electron chi connectivity index (χ4n) is 4.76. The third kappa shape index (κ3) is 20.4. The van der Waals surface area contributed by atoms with E-state index in [4.69, 9.17) is 24.0 Å². The Kier molecular flexibility index (Phi) is 21.7. The summed E-state index contributed by atoms with van der Waals surface area (Å²) < 4.78 is 31.6. The highest BCUT2D eigenvalue weighted by molar-refractivity contribution is 7.46. The second-order valence-electron chi connectivity index (χ2n) is 11.3. The Morgan fingerprint density at radius 1 is 0.932 bits per heavy atom. The molecule has 0 aliphatic carbocycles. The number of ether oxygens (including phenoxy) is 3. The number of allylic oxidation sites excluding steroid dienone is 2. The molecule has 1 saturated heterocycles. The predicted octanol–water partition coefficient (Wildman–Crippen LogP) is 4.61. The summed E-state index contributed by atoms with van der Waals surface area (Å²) in [5.74, 6) is -1.42. The molecule has 1 fully saturated rings. The van der Waals surface area contributed by atoms with Crippen LogP contribution in [0.2, 0.25) is 0 Å². The Labute approximate surface area is 262 Å². The van der Waals surface area contributed by atoms with Crippen LogP contribution >= 0.6 is 7.82 Å². The molecular formula is C31H55O12P. The number of phosphoric acid groups is 1. The van der Waals surface area contributed by atoms with E-state index in [1.165, 1.54) is 0 Å². The van der Waals surface area contributed by atoms with Gasteiger partial charge in [0.1, 0.15) is 6.61 Å². The van der Waals surface area contributed by atoms with E-state index < -0.39 is 57.1 Å². The van der Waals surface area contributed by atoms with Crippen molar-refractivity contribution >= 4 is 19.8 Å². The van der Waals surface area contributed by atoms with Crippen molar-refractivity contribution < 1.29 is 58.0 Å². The van der Waals surface area contributed by atoms with E-state index in [0.29, 0.717) is 32.1 Å². The Morgan fingerprint density at radius 2 is 1.61 bits per heavy atom. The highest BCUT2D eigenvalue weighted by atomic mass is 31.2. The van der Waals surface area contributed by atoms with Crippen molar-refractivity contribution in [2.24, 2.45) is 5.92 Å². The molecule has 256 valence electrons. The number of esters is 2. The van der Waals surface area contributed by atoms with Crippen molar-refractivity contribution in [1.82, 2.24) is 0 Å². The van der Waals surface area contributed by atoms with Crippen LogP contribution in [-0.4, -0.2) is 81.0 Å². The summed E-state index contributed by atoms with van der Waals surface area (Å²) in [5.41, 5.74) is 0. The van der Waals surface area contributed by atoms with Gasteiger partial charge in [-0.15, -0.1) is 0 Å². The van der Waals surface area contributed by atoms with E-state index in [2.05, 4.69) is 18.4 Å². The zero-order valence-electron chi connectivity index (χ0n) is 26.3. The standard InChI is InChI=1S/C31H55O12P/c1-3-5-7-8-13-17-29(34)40-22-25(23-41-44(37,38)39)42-30(35)18-14-10-9-12-16-26-27(33)21-31(36)43-28(26)20-19-24(32)15-11-6-4-2/h9,12,19-20,24-28,31-33,36H,3-8,10-11,13-18,21-23H2,1-2H3,(H2,37,38,39)/b12-9-,20-19+/t24-,25+,26-,27-,28+,31?/m0/s1. The molecule has 1 aliphatic rings. The van der Waals surface area contributed by atoms with Crippen molar-refractivity contribution in [3.05, 3.63) is 24.3 Å². The first-order chi connectivity index (χ1) is 20.9. The van der Waals surface area contributed by atoms with E-state index in [1.54, 1.807) is 12.2 Å². The van der Waals surface area contributed by atoms with Gasteiger partial charge in [-0.2, -0.15) is 0 Å². The first kappa shape index (κ1) is 40.4. The largest absolute Gasteiger partial charge is 0.469 e. The van der Waals surface area contributed by atoms with Crippen molar-refractivity contribution in [3.63, 3.8) is 0 Å². The quantitative estimate of drug-likeness (QED) is 0.0423. The number of hydrogen-bond acceptors (Lipinski definition) is 10. The molecule has 0 bridgehead atoms. The lowest BCUT2D eigenvalue weighted by molar-refractivity contribution is -0.199. The number of aliphatic hydroxyl groups is 3. The molecule has 13 heteroatoms. The Hall–Kier alpha value is -1.63. The van der Waals surface area contributed by atoms with Crippen molar-refractivity contribution in [2.45, 2.75) is 141 Å². The molecule has 1 unspecified atom stereocenters. The average molecular weight is 651 g/mol. The van der Waals surface area contributed by atoms with Crippen LogP contribution in [0.5, 0.6) is 0 Å². The van der Waals surface area contributed by atoms with Gasteiger partial charge in [0, 0.05) is 25.2 Å². The fraction of sp³-hybridized carbons (Fsp3) is 0.806. The topological polar surface area (TPSA) is 189 Å². The highest BCUT2D eigenvalue weighted by Crippen LogP contribution is 2.36. The lowest BCUT2D eigenvalue weighted by Gasteiger charge is -2.36. The maximum atomic E-state index is 12.4. The van der Waals surface area contributed by atoms with Gasteiger partial charge >= 0.3 is 19.8 Å². The second kappa shape index (κ2) is 23.7. The molecule has 44 heavy (non-hydrogen) atoms.